The number of nitrogens with one attached hydrogen (secondary N) is 1. The molecule has 0 aliphatic carbocycles. The molecule has 0 saturated carbocycles. The van der Waals surface area contributed by atoms with Gasteiger partial charge in [0.25, 0.3) is 0 Å². The summed E-state index contributed by atoms with van der Waals surface area (Å²) >= 11 is 0. The summed E-state index contributed by atoms with van der Waals surface area (Å²) in [5.74, 6) is 0.323. The van der Waals surface area contributed by atoms with E-state index in [0.717, 1.165) is 26.1 Å². The fraction of sp³-hybridized carbons (Fsp3) is 0.909. The third-order valence-corrected chi connectivity index (χ3v) is 3.16. The molecule has 2 aliphatic heterocycles. The van der Waals surface area contributed by atoms with E-state index in [1.54, 1.807) is 0 Å². The average molecular weight is 196 g/mol. The van der Waals surface area contributed by atoms with E-state index in [4.69, 9.17) is 0 Å². The van der Waals surface area contributed by atoms with Crippen molar-refractivity contribution in [1.29, 1.82) is 0 Å². The Morgan fingerprint density at radius 3 is 2.57 bits per heavy atom. The van der Waals surface area contributed by atoms with Gasteiger partial charge in [-0.25, -0.2) is 0 Å². The lowest BCUT2D eigenvalue weighted by Crippen LogP contribution is -2.60. The molecule has 3 nitrogen and oxygen atoms in total. The van der Waals surface area contributed by atoms with Crippen molar-refractivity contribution in [3.8, 4) is 0 Å². The van der Waals surface area contributed by atoms with Gasteiger partial charge in [-0.05, 0) is 24.8 Å². The lowest BCUT2D eigenvalue weighted by Gasteiger charge is -2.47. The van der Waals surface area contributed by atoms with Crippen molar-refractivity contribution in [2.24, 2.45) is 5.41 Å². The Kier molecular flexibility index (Phi) is 2.52. The van der Waals surface area contributed by atoms with Crippen LogP contribution in [0.5, 0.6) is 0 Å². The van der Waals surface area contributed by atoms with E-state index in [1.165, 1.54) is 12.8 Å². The Balaban J connectivity index is 1.84. The molecule has 2 fully saturated rings. The highest BCUT2D eigenvalue weighted by Crippen LogP contribution is 2.29. The summed E-state index contributed by atoms with van der Waals surface area (Å²) in [6, 6.07) is 0.111. The fourth-order valence-electron chi connectivity index (χ4n) is 2.43. The first-order chi connectivity index (χ1) is 6.58. The van der Waals surface area contributed by atoms with Crippen LogP contribution in [-0.2, 0) is 4.79 Å². The van der Waals surface area contributed by atoms with Crippen LogP contribution in [0.1, 0.15) is 33.1 Å². The Labute approximate surface area is 85.8 Å². The van der Waals surface area contributed by atoms with Crippen LogP contribution in [0, 0.1) is 5.41 Å². The normalized spacial score (nSPS) is 31.0. The monoisotopic (exact) mass is 196 g/mol. The molecule has 0 spiro atoms. The number of amides is 1. The Bertz CT molecular complexity index is 223. The first-order valence-electron chi connectivity index (χ1n) is 5.61. The van der Waals surface area contributed by atoms with Crippen molar-refractivity contribution in [1.82, 2.24) is 10.2 Å². The summed E-state index contributed by atoms with van der Waals surface area (Å²) in [6.07, 6.45) is 3.44. The number of piperidine rings is 1. The highest BCUT2D eigenvalue weighted by Gasteiger charge is 2.39. The van der Waals surface area contributed by atoms with E-state index in [9.17, 15) is 4.79 Å². The molecular formula is C11H20N2O. The predicted molar refractivity (Wildman–Crippen MR) is 56.0 cm³/mol. The standard InChI is InChI=1S/C11H20N2O/c1-11(2)7-13(8-11)10(14)9-5-3-4-6-12-9/h9,12H,3-8H2,1-2H3. The molecule has 0 radical (unpaired) electrons. The fourth-order valence-corrected chi connectivity index (χ4v) is 2.43. The molecule has 14 heavy (non-hydrogen) atoms. The summed E-state index contributed by atoms with van der Waals surface area (Å²) in [6.45, 7) is 7.30. The smallest absolute Gasteiger partial charge is 0.239 e. The molecule has 2 saturated heterocycles. The molecule has 0 bridgehead atoms. The lowest BCUT2D eigenvalue weighted by molar-refractivity contribution is -0.144. The maximum atomic E-state index is 11.9. The second kappa shape index (κ2) is 3.54. The summed E-state index contributed by atoms with van der Waals surface area (Å²) in [5, 5.41) is 3.30. The molecule has 2 aliphatic rings. The molecule has 1 atom stereocenters. The highest BCUT2D eigenvalue weighted by atomic mass is 16.2. The molecule has 0 aromatic rings. The van der Waals surface area contributed by atoms with Crippen LogP contribution in [0.4, 0.5) is 0 Å². The number of hydrogen-bond acceptors (Lipinski definition) is 2. The lowest BCUT2D eigenvalue weighted by atomic mass is 9.83. The number of likely N-dealkylation sites (tertiary alicyclic amines) is 1. The van der Waals surface area contributed by atoms with Gasteiger partial charge in [-0.2, -0.15) is 0 Å². The zero-order chi connectivity index (χ0) is 10.2. The molecule has 2 rings (SSSR count). The highest BCUT2D eigenvalue weighted by molar-refractivity contribution is 5.82. The zero-order valence-corrected chi connectivity index (χ0v) is 9.18. The van der Waals surface area contributed by atoms with Gasteiger partial charge in [-0.3, -0.25) is 4.79 Å². The maximum absolute atomic E-state index is 11.9. The van der Waals surface area contributed by atoms with Crippen LogP contribution < -0.4 is 5.32 Å². The molecule has 0 aromatic heterocycles. The molecule has 80 valence electrons. The molecule has 3 heteroatoms. The van der Waals surface area contributed by atoms with Crippen LogP contribution in [0.15, 0.2) is 0 Å². The largest absolute Gasteiger partial charge is 0.340 e. The third-order valence-electron chi connectivity index (χ3n) is 3.16. The van der Waals surface area contributed by atoms with Gasteiger partial charge in [0.2, 0.25) is 5.91 Å². The summed E-state index contributed by atoms with van der Waals surface area (Å²) in [5.41, 5.74) is 0.352. The van der Waals surface area contributed by atoms with Crippen LogP contribution in [-0.4, -0.2) is 36.5 Å². The number of rotatable bonds is 1. The minimum atomic E-state index is 0.111. The number of nitrogens with zero attached hydrogens (tertiary/aromatic N) is 1. The Hall–Kier alpha value is -0.570. The number of carbonyl (C=O) groups is 1. The van der Waals surface area contributed by atoms with E-state index in [2.05, 4.69) is 19.2 Å². The van der Waals surface area contributed by atoms with Crippen LogP contribution in [0.3, 0.4) is 0 Å². The van der Waals surface area contributed by atoms with Crippen LogP contribution >= 0.6 is 0 Å². The van der Waals surface area contributed by atoms with E-state index in [1.807, 2.05) is 4.90 Å². The van der Waals surface area contributed by atoms with E-state index < -0.39 is 0 Å². The molecule has 1 amide bonds. The van der Waals surface area contributed by atoms with Crippen molar-refractivity contribution < 1.29 is 4.79 Å². The summed E-state index contributed by atoms with van der Waals surface area (Å²) in [4.78, 5) is 13.9. The van der Waals surface area contributed by atoms with E-state index in [-0.39, 0.29) is 6.04 Å². The number of carbonyl (C=O) groups excluding carboxylic acids is 1. The third kappa shape index (κ3) is 1.92. The van der Waals surface area contributed by atoms with Crippen molar-refractivity contribution in [3.63, 3.8) is 0 Å². The molecule has 0 aromatic carbocycles. The predicted octanol–water partition coefficient (Wildman–Crippen LogP) is 0.997. The van der Waals surface area contributed by atoms with Crippen LogP contribution in [0.2, 0.25) is 0 Å². The van der Waals surface area contributed by atoms with Crippen LogP contribution in [0.25, 0.3) is 0 Å². The average Bonchev–Trinajstić information content (AvgIpc) is 2.14. The van der Waals surface area contributed by atoms with Gasteiger partial charge < -0.3 is 10.2 Å². The second-order valence-electron chi connectivity index (χ2n) is 5.36. The zero-order valence-electron chi connectivity index (χ0n) is 9.18. The minimum Gasteiger partial charge on any atom is -0.340 e. The van der Waals surface area contributed by atoms with Crippen molar-refractivity contribution in [2.75, 3.05) is 19.6 Å². The van der Waals surface area contributed by atoms with Crippen molar-refractivity contribution in [2.45, 2.75) is 39.2 Å². The van der Waals surface area contributed by atoms with Gasteiger partial charge in [0.1, 0.15) is 0 Å². The molecule has 2 heterocycles. The minimum absolute atomic E-state index is 0.111. The van der Waals surface area contributed by atoms with Gasteiger partial charge in [0, 0.05) is 13.1 Å². The molecular weight excluding hydrogens is 176 g/mol. The molecule has 1 unspecified atom stereocenters. The topological polar surface area (TPSA) is 32.3 Å². The van der Waals surface area contributed by atoms with Gasteiger partial charge >= 0.3 is 0 Å². The summed E-state index contributed by atoms with van der Waals surface area (Å²) < 4.78 is 0. The summed E-state index contributed by atoms with van der Waals surface area (Å²) in [7, 11) is 0. The van der Waals surface area contributed by atoms with E-state index in [0.29, 0.717) is 11.3 Å². The number of hydrogen-bond donors (Lipinski definition) is 1. The Morgan fingerprint density at radius 1 is 1.36 bits per heavy atom. The quantitative estimate of drug-likeness (QED) is 0.678. The first kappa shape index (κ1) is 9.97. The van der Waals surface area contributed by atoms with Crippen molar-refractivity contribution >= 4 is 5.91 Å². The SMILES string of the molecule is CC1(C)CN(C(=O)C2CCCCN2)C1. The van der Waals surface area contributed by atoms with E-state index >= 15 is 0 Å². The Morgan fingerprint density at radius 2 is 2.07 bits per heavy atom. The van der Waals surface area contributed by atoms with Gasteiger partial charge in [0.05, 0.1) is 6.04 Å². The van der Waals surface area contributed by atoms with Gasteiger partial charge in [-0.1, -0.05) is 20.3 Å². The van der Waals surface area contributed by atoms with Gasteiger partial charge in [0.15, 0.2) is 0 Å². The van der Waals surface area contributed by atoms with Crippen molar-refractivity contribution in [3.05, 3.63) is 0 Å². The molecule has 1 N–H and O–H groups in total. The second-order valence-corrected chi connectivity index (χ2v) is 5.36. The first-order valence-corrected chi connectivity index (χ1v) is 5.61. The van der Waals surface area contributed by atoms with Gasteiger partial charge in [-0.15, -0.1) is 0 Å². The maximum Gasteiger partial charge on any atom is 0.239 e.